The molecule has 1 heterocycles. The van der Waals surface area contributed by atoms with Gasteiger partial charge in [-0.15, -0.1) is 0 Å². The number of carbonyl (C=O) groups is 1. The summed E-state index contributed by atoms with van der Waals surface area (Å²) in [5.41, 5.74) is -0.0586. The summed E-state index contributed by atoms with van der Waals surface area (Å²) in [6.45, 7) is 3.36. The van der Waals surface area contributed by atoms with Crippen LogP contribution in [0, 0.1) is 17.7 Å². The maximum atomic E-state index is 14.7. The lowest BCUT2D eigenvalue weighted by Gasteiger charge is -2.39. The maximum absolute atomic E-state index is 14.7. The normalized spacial score (nSPS) is 16.9. The predicted molar refractivity (Wildman–Crippen MR) is 145 cm³/mol. The zero-order chi connectivity index (χ0) is 30.8. The van der Waals surface area contributed by atoms with Crippen molar-refractivity contribution in [2.45, 2.75) is 57.4 Å². The lowest BCUT2D eigenvalue weighted by molar-refractivity contribution is -0.185. The number of carboxylic acids is 1. The van der Waals surface area contributed by atoms with E-state index in [9.17, 15) is 40.6 Å². The number of carboxylic acid groups (broad SMARTS) is 1. The standard InChI is InChI=1S/C32H32F7NO2/c1-19(2)16-27(30(41)42)25-17-24(20-6-4-3-5-7-20)26(18-28(25)32(37,38)39)29(21-8-10-23(33)11-9-21)40-14-12-22(13-15-40)31(34,35)36/h3-11,17-19,22,27,29H,12-16H2,1-2H3,(H,41,42)/t27-,29-/m1/s1. The number of benzene rings is 3. The van der Waals surface area contributed by atoms with Crippen LogP contribution < -0.4 is 0 Å². The summed E-state index contributed by atoms with van der Waals surface area (Å²) in [5, 5.41) is 10.0. The first-order valence-electron chi connectivity index (χ1n) is 13.8. The SMILES string of the molecule is CC(C)C[C@@H](C(=O)O)c1cc(-c2ccccc2)c([C@@H](c2ccc(F)cc2)N2CCC(C(F)(F)F)CC2)cc1C(F)(F)F. The summed E-state index contributed by atoms with van der Waals surface area (Å²) in [6.07, 6.45) is -9.80. The van der Waals surface area contributed by atoms with E-state index in [-0.39, 0.29) is 49.4 Å². The minimum atomic E-state index is -4.92. The number of likely N-dealkylation sites (tertiary alicyclic amines) is 1. The molecule has 2 atom stereocenters. The second-order valence-electron chi connectivity index (χ2n) is 11.2. The quantitative estimate of drug-likeness (QED) is 0.264. The van der Waals surface area contributed by atoms with Crippen molar-refractivity contribution in [1.82, 2.24) is 4.90 Å². The second-order valence-corrected chi connectivity index (χ2v) is 11.2. The lowest BCUT2D eigenvalue weighted by Crippen LogP contribution is -2.41. The van der Waals surface area contributed by atoms with Gasteiger partial charge in [-0.1, -0.05) is 56.3 Å². The minimum Gasteiger partial charge on any atom is -0.481 e. The summed E-state index contributed by atoms with van der Waals surface area (Å²) < 4.78 is 98.4. The number of hydrogen-bond donors (Lipinski definition) is 1. The third kappa shape index (κ3) is 7.14. The van der Waals surface area contributed by atoms with Crippen LogP contribution in [0.15, 0.2) is 66.7 Å². The molecule has 0 spiro atoms. The fraction of sp³-hybridized carbons (Fsp3) is 0.406. The van der Waals surface area contributed by atoms with Crippen LogP contribution in [0.4, 0.5) is 30.7 Å². The number of aliphatic carboxylic acids is 1. The molecule has 3 nitrogen and oxygen atoms in total. The fourth-order valence-corrected chi connectivity index (χ4v) is 5.81. The van der Waals surface area contributed by atoms with Gasteiger partial charge in [0.05, 0.1) is 23.4 Å². The van der Waals surface area contributed by atoms with E-state index < -0.39 is 47.6 Å². The van der Waals surface area contributed by atoms with E-state index in [0.29, 0.717) is 16.7 Å². The molecule has 10 heteroatoms. The topological polar surface area (TPSA) is 40.5 Å². The maximum Gasteiger partial charge on any atom is 0.416 e. The van der Waals surface area contributed by atoms with Crippen molar-refractivity contribution in [2.24, 2.45) is 11.8 Å². The van der Waals surface area contributed by atoms with Crippen LogP contribution in [0.1, 0.15) is 67.3 Å². The molecule has 3 aromatic carbocycles. The Balaban J connectivity index is 1.99. The van der Waals surface area contributed by atoms with Crippen molar-refractivity contribution >= 4 is 5.97 Å². The highest BCUT2D eigenvalue weighted by atomic mass is 19.4. The van der Waals surface area contributed by atoms with E-state index in [1.807, 2.05) is 0 Å². The summed E-state index contributed by atoms with van der Waals surface area (Å²) in [7, 11) is 0. The molecule has 226 valence electrons. The van der Waals surface area contributed by atoms with Gasteiger partial charge in [-0.05, 0) is 90.4 Å². The van der Waals surface area contributed by atoms with E-state index in [0.717, 1.165) is 18.2 Å². The van der Waals surface area contributed by atoms with E-state index in [2.05, 4.69) is 0 Å². The van der Waals surface area contributed by atoms with Crippen LogP contribution in [0.2, 0.25) is 0 Å². The van der Waals surface area contributed by atoms with Gasteiger partial charge in [-0.3, -0.25) is 9.69 Å². The van der Waals surface area contributed by atoms with Crippen molar-refractivity contribution in [2.75, 3.05) is 13.1 Å². The number of rotatable bonds is 8. The Morgan fingerprint density at radius 2 is 1.50 bits per heavy atom. The average molecular weight is 596 g/mol. The van der Waals surface area contributed by atoms with Crippen LogP contribution in [0.5, 0.6) is 0 Å². The van der Waals surface area contributed by atoms with E-state index in [1.165, 1.54) is 18.2 Å². The highest BCUT2D eigenvalue weighted by Crippen LogP contribution is 2.46. The molecular weight excluding hydrogens is 563 g/mol. The van der Waals surface area contributed by atoms with Gasteiger partial charge in [-0.25, -0.2) is 4.39 Å². The van der Waals surface area contributed by atoms with Crippen molar-refractivity contribution in [3.63, 3.8) is 0 Å². The Morgan fingerprint density at radius 1 is 0.905 bits per heavy atom. The first-order valence-corrected chi connectivity index (χ1v) is 13.8. The highest BCUT2D eigenvalue weighted by molar-refractivity contribution is 5.79. The molecule has 0 radical (unpaired) electrons. The number of piperidine rings is 1. The van der Waals surface area contributed by atoms with E-state index >= 15 is 0 Å². The monoisotopic (exact) mass is 595 g/mol. The van der Waals surface area contributed by atoms with Gasteiger partial charge in [0, 0.05) is 0 Å². The molecule has 1 N–H and O–H groups in total. The lowest BCUT2D eigenvalue weighted by atomic mass is 9.80. The Labute approximate surface area is 240 Å². The Bertz CT molecular complexity index is 1360. The largest absolute Gasteiger partial charge is 0.481 e. The third-order valence-electron chi connectivity index (χ3n) is 7.83. The summed E-state index contributed by atoms with van der Waals surface area (Å²) >= 11 is 0. The highest BCUT2D eigenvalue weighted by Gasteiger charge is 2.44. The number of halogens is 7. The van der Waals surface area contributed by atoms with Gasteiger partial charge in [-0.2, -0.15) is 26.3 Å². The Kier molecular flexibility index (Phi) is 9.35. The molecule has 1 fully saturated rings. The molecule has 1 aliphatic heterocycles. The first kappa shape index (κ1) is 31.5. The molecule has 0 unspecified atom stereocenters. The van der Waals surface area contributed by atoms with Crippen LogP contribution in [0.25, 0.3) is 11.1 Å². The minimum absolute atomic E-state index is 0.0294. The van der Waals surface area contributed by atoms with Crippen LogP contribution in [-0.2, 0) is 11.0 Å². The molecule has 0 saturated carbocycles. The van der Waals surface area contributed by atoms with Crippen molar-refractivity contribution in [3.05, 3.63) is 94.8 Å². The molecule has 1 aliphatic rings. The summed E-state index contributed by atoms with van der Waals surface area (Å²) in [5.74, 6) is -5.14. The van der Waals surface area contributed by atoms with E-state index in [4.69, 9.17) is 0 Å². The molecule has 0 aromatic heterocycles. The van der Waals surface area contributed by atoms with Gasteiger partial charge in [0.15, 0.2) is 0 Å². The summed E-state index contributed by atoms with van der Waals surface area (Å²) in [4.78, 5) is 14.0. The molecule has 42 heavy (non-hydrogen) atoms. The van der Waals surface area contributed by atoms with Crippen molar-refractivity contribution in [3.8, 4) is 11.1 Å². The smallest absolute Gasteiger partial charge is 0.416 e. The zero-order valence-electron chi connectivity index (χ0n) is 23.1. The Hall–Kier alpha value is -3.40. The van der Waals surface area contributed by atoms with Crippen LogP contribution >= 0.6 is 0 Å². The summed E-state index contributed by atoms with van der Waals surface area (Å²) in [6, 6.07) is 14.9. The van der Waals surface area contributed by atoms with Gasteiger partial charge in [0.1, 0.15) is 5.82 Å². The molecule has 0 aliphatic carbocycles. The number of alkyl halides is 6. The molecule has 3 aromatic rings. The fourth-order valence-electron chi connectivity index (χ4n) is 5.81. The van der Waals surface area contributed by atoms with Gasteiger partial charge >= 0.3 is 18.3 Å². The number of nitrogens with zero attached hydrogens (tertiary/aromatic N) is 1. The average Bonchev–Trinajstić information content (AvgIpc) is 2.92. The molecular formula is C32H32F7NO2. The van der Waals surface area contributed by atoms with Gasteiger partial charge < -0.3 is 5.11 Å². The first-order chi connectivity index (χ1) is 19.7. The Morgan fingerprint density at radius 3 is 2.00 bits per heavy atom. The zero-order valence-corrected chi connectivity index (χ0v) is 23.1. The second kappa shape index (κ2) is 12.5. The molecule has 0 bridgehead atoms. The third-order valence-corrected chi connectivity index (χ3v) is 7.83. The predicted octanol–water partition coefficient (Wildman–Crippen LogP) is 9.09. The van der Waals surface area contributed by atoms with Crippen molar-refractivity contribution in [1.29, 1.82) is 0 Å². The van der Waals surface area contributed by atoms with Crippen LogP contribution in [-0.4, -0.2) is 35.2 Å². The van der Waals surface area contributed by atoms with E-state index in [1.54, 1.807) is 49.1 Å². The van der Waals surface area contributed by atoms with Crippen molar-refractivity contribution < 1.29 is 40.6 Å². The molecule has 1 saturated heterocycles. The van der Waals surface area contributed by atoms with Gasteiger partial charge in [0.25, 0.3) is 0 Å². The molecule has 4 rings (SSSR count). The van der Waals surface area contributed by atoms with Gasteiger partial charge in [0.2, 0.25) is 0 Å². The van der Waals surface area contributed by atoms with Crippen LogP contribution in [0.3, 0.4) is 0 Å². The number of hydrogen-bond acceptors (Lipinski definition) is 2. The molecule has 0 amide bonds.